The van der Waals surface area contributed by atoms with Crippen molar-refractivity contribution in [3.8, 4) is 0 Å². The molecule has 0 aromatic rings. The Morgan fingerprint density at radius 2 is 1.62 bits per heavy atom. The Morgan fingerprint density at radius 3 is 1.62 bits per heavy atom. The molecule has 2 nitrogen and oxygen atoms in total. The Labute approximate surface area is 55.8 Å². The lowest BCUT2D eigenvalue weighted by atomic mass is 10.6. The molecule has 8 heavy (non-hydrogen) atoms. The van der Waals surface area contributed by atoms with Crippen molar-refractivity contribution in [2.45, 2.75) is 6.92 Å². The smallest absolute Gasteiger partial charge is 0.107 e. The van der Waals surface area contributed by atoms with Gasteiger partial charge in [0.1, 0.15) is 5.82 Å². The van der Waals surface area contributed by atoms with Crippen LogP contribution < -0.4 is 10.6 Å². The molecule has 3 heteroatoms. The van der Waals surface area contributed by atoms with E-state index in [4.69, 9.17) is 0 Å². The summed E-state index contributed by atoms with van der Waals surface area (Å²) in [4.78, 5) is 0.968. The van der Waals surface area contributed by atoms with Gasteiger partial charge in [0.25, 0.3) is 0 Å². The van der Waals surface area contributed by atoms with E-state index < -0.39 is 0 Å². The molecule has 0 aliphatic heterocycles. The van der Waals surface area contributed by atoms with Crippen LogP contribution in [0.1, 0.15) is 6.92 Å². The van der Waals surface area contributed by atoms with Crippen molar-refractivity contribution < 1.29 is 0 Å². The van der Waals surface area contributed by atoms with Crippen LogP contribution in [-0.2, 0) is 0 Å². The Morgan fingerprint density at radius 1 is 1.25 bits per heavy atom. The third-order valence-electron chi connectivity index (χ3n) is 0.862. The normalized spacial score (nSPS) is 8.00. The van der Waals surface area contributed by atoms with E-state index >= 15 is 0 Å². The fourth-order valence-electron chi connectivity index (χ4n) is 0.487. The molecule has 0 fully saturated rings. The highest BCUT2D eigenvalue weighted by atomic mass is 32.1. The zero-order chi connectivity index (χ0) is 6.57. The first kappa shape index (κ1) is 7.69. The van der Waals surface area contributed by atoms with Gasteiger partial charge in [-0.25, -0.2) is 0 Å². The first-order valence-corrected chi connectivity index (χ1v) is 2.92. The second-order valence-corrected chi connectivity index (χ2v) is 2.13. The van der Waals surface area contributed by atoms with E-state index in [0.717, 1.165) is 10.7 Å². The fraction of sp³-hybridized carbons (Fsp3) is 0.600. The summed E-state index contributed by atoms with van der Waals surface area (Å²) in [6.45, 7) is 1.92. The molecule has 48 valence electrons. The minimum absolute atomic E-state index is 0.966. The van der Waals surface area contributed by atoms with Crippen LogP contribution in [0.5, 0.6) is 0 Å². The molecule has 0 aromatic heterocycles. The van der Waals surface area contributed by atoms with Gasteiger partial charge >= 0.3 is 0 Å². The summed E-state index contributed by atoms with van der Waals surface area (Å²) in [7, 11) is 3.71. The van der Waals surface area contributed by atoms with Gasteiger partial charge in [0.15, 0.2) is 0 Å². The monoisotopic (exact) mass is 132 g/mol. The minimum Gasteiger partial charge on any atom is -0.374 e. The maximum absolute atomic E-state index is 4.11. The van der Waals surface area contributed by atoms with Gasteiger partial charge in [0.05, 0.1) is 0 Å². The van der Waals surface area contributed by atoms with Crippen LogP contribution in [0, 0.1) is 0 Å². The SMILES string of the molecule is CNC(NC)=C(C)S. The third kappa shape index (κ3) is 2.12. The summed E-state index contributed by atoms with van der Waals surface area (Å²) >= 11 is 4.11. The summed E-state index contributed by atoms with van der Waals surface area (Å²) in [6, 6.07) is 0. The molecule has 0 spiro atoms. The zero-order valence-electron chi connectivity index (χ0n) is 5.45. The molecular weight excluding hydrogens is 120 g/mol. The van der Waals surface area contributed by atoms with Gasteiger partial charge in [0.2, 0.25) is 0 Å². The number of nitrogens with one attached hydrogen (secondary N) is 2. The second kappa shape index (κ2) is 3.66. The molecular formula is C5H12N2S. The molecule has 0 aliphatic rings. The van der Waals surface area contributed by atoms with E-state index in [1.54, 1.807) is 0 Å². The van der Waals surface area contributed by atoms with Gasteiger partial charge in [-0.3, -0.25) is 0 Å². The van der Waals surface area contributed by atoms with E-state index in [2.05, 4.69) is 23.3 Å². The van der Waals surface area contributed by atoms with Crippen LogP contribution in [0.15, 0.2) is 10.7 Å². The summed E-state index contributed by atoms with van der Waals surface area (Å²) in [5, 5.41) is 5.89. The van der Waals surface area contributed by atoms with Crippen molar-refractivity contribution in [1.82, 2.24) is 10.6 Å². The Bertz CT molecular complexity index is 88.6. The maximum Gasteiger partial charge on any atom is 0.107 e. The predicted molar refractivity (Wildman–Crippen MR) is 39.8 cm³/mol. The summed E-state index contributed by atoms with van der Waals surface area (Å²) < 4.78 is 0. The molecule has 0 rings (SSSR count). The van der Waals surface area contributed by atoms with Crippen LogP contribution in [0.25, 0.3) is 0 Å². The standard InChI is InChI=1S/C5H12N2S/c1-4(8)5(6-2)7-3/h6-8H,1-3H3. The van der Waals surface area contributed by atoms with Crippen molar-refractivity contribution >= 4 is 12.6 Å². The van der Waals surface area contributed by atoms with Crippen LogP contribution in [0.2, 0.25) is 0 Å². The minimum atomic E-state index is 0.966. The van der Waals surface area contributed by atoms with Gasteiger partial charge in [-0.1, -0.05) is 0 Å². The molecule has 0 unspecified atom stereocenters. The molecule has 0 aliphatic carbocycles. The average molecular weight is 132 g/mol. The maximum atomic E-state index is 4.11. The predicted octanol–water partition coefficient (Wildman–Crippen LogP) is 0.544. The van der Waals surface area contributed by atoms with Gasteiger partial charge in [-0.15, -0.1) is 12.6 Å². The van der Waals surface area contributed by atoms with Crippen molar-refractivity contribution in [1.29, 1.82) is 0 Å². The number of hydrogen-bond acceptors (Lipinski definition) is 3. The summed E-state index contributed by atoms with van der Waals surface area (Å²) in [5.74, 6) is 0.966. The van der Waals surface area contributed by atoms with Crippen LogP contribution >= 0.6 is 12.6 Å². The average Bonchev–Trinajstić information content (AvgIpc) is 1.69. The molecule has 0 atom stereocenters. The highest BCUT2D eigenvalue weighted by Gasteiger charge is 1.88. The van der Waals surface area contributed by atoms with Crippen molar-refractivity contribution in [3.63, 3.8) is 0 Å². The quantitative estimate of drug-likeness (QED) is 0.478. The lowest BCUT2D eigenvalue weighted by Crippen LogP contribution is -2.19. The molecule has 0 saturated carbocycles. The van der Waals surface area contributed by atoms with E-state index in [-0.39, 0.29) is 0 Å². The third-order valence-corrected chi connectivity index (χ3v) is 1.09. The first-order chi connectivity index (χ1) is 3.72. The molecule has 0 saturated heterocycles. The molecule has 2 N–H and O–H groups in total. The van der Waals surface area contributed by atoms with Gasteiger partial charge in [-0.2, -0.15) is 0 Å². The van der Waals surface area contributed by atoms with Gasteiger partial charge in [-0.05, 0) is 6.92 Å². The first-order valence-electron chi connectivity index (χ1n) is 2.47. The summed E-state index contributed by atoms with van der Waals surface area (Å²) in [5.41, 5.74) is 0. The highest BCUT2D eigenvalue weighted by Crippen LogP contribution is 1.99. The topological polar surface area (TPSA) is 24.1 Å². The summed E-state index contributed by atoms with van der Waals surface area (Å²) in [6.07, 6.45) is 0. The van der Waals surface area contributed by atoms with Gasteiger partial charge in [0, 0.05) is 19.0 Å². The van der Waals surface area contributed by atoms with Crippen LogP contribution in [-0.4, -0.2) is 14.1 Å². The molecule has 0 radical (unpaired) electrons. The molecule has 0 aromatic carbocycles. The number of allylic oxidation sites excluding steroid dienone is 1. The zero-order valence-corrected chi connectivity index (χ0v) is 6.34. The van der Waals surface area contributed by atoms with Crippen LogP contribution in [0.3, 0.4) is 0 Å². The van der Waals surface area contributed by atoms with Crippen molar-refractivity contribution in [2.24, 2.45) is 0 Å². The molecule has 0 amide bonds. The van der Waals surface area contributed by atoms with Crippen molar-refractivity contribution in [3.05, 3.63) is 10.7 Å². The Balaban J connectivity index is 3.86. The van der Waals surface area contributed by atoms with E-state index in [1.807, 2.05) is 21.0 Å². The number of rotatable bonds is 2. The van der Waals surface area contributed by atoms with Crippen LogP contribution in [0.4, 0.5) is 0 Å². The highest BCUT2D eigenvalue weighted by molar-refractivity contribution is 7.84. The second-order valence-electron chi connectivity index (χ2n) is 1.46. The Kier molecular flexibility index (Phi) is 3.52. The van der Waals surface area contributed by atoms with E-state index in [1.165, 1.54) is 0 Å². The molecule has 0 heterocycles. The number of thiol groups is 1. The fourth-order valence-corrected chi connectivity index (χ4v) is 0.710. The van der Waals surface area contributed by atoms with E-state index in [9.17, 15) is 0 Å². The lowest BCUT2D eigenvalue weighted by molar-refractivity contribution is 0.830. The van der Waals surface area contributed by atoms with Gasteiger partial charge < -0.3 is 10.6 Å². The van der Waals surface area contributed by atoms with E-state index in [0.29, 0.717) is 0 Å². The molecule has 0 bridgehead atoms. The number of hydrogen-bond donors (Lipinski definition) is 3. The largest absolute Gasteiger partial charge is 0.374 e. The lowest BCUT2D eigenvalue weighted by Gasteiger charge is -2.05. The van der Waals surface area contributed by atoms with Crippen molar-refractivity contribution in [2.75, 3.05) is 14.1 Å². The Hall–Kier alpha value is -0.310.